The van der Waals surface area contributed by atoms with Crippen LogP contribution in [0.4, 0.5) is 0 Å². The summed E-state index contributed by atoms with van der Waals surface area (Å²) in [6.45, 7) is 2.19. The smallest absolute Gasteiger partial charge is 0.337 e. The van der Waals surface area contributed by atoms with Gasteiger partial charge in [-0.25, -0.2) is 4.79 Å². The summed E-state index contributed by atoms with van der Waals surface area (Å²) in [6.07, 6.45) is -0.507. The maximum atomic E-state index is 13.3. The summed E-state index contributed by atoms with van der Waals surface area (Å²) in [6, 6.07) is 21.8. The lowest BCUT2D eigenvalue weighted by Crippen LogP contribution is -2.35. The summed E-state index contributed by atoms with van der Waals surface area (Å²) in [5, 5.41) is 0. The number of hydrogen-bond acceptors (Lipinski definition) is 5. The van der Waals surface area contributed by atoms with Crippen molar-refractivity contribution in [3.05, 3.63) is 95.1 Å². The van der Waals surface area contributed by atoms with Crippen molar-refractivity contribution < 1.29 is 23.8 Å². The molecule has 0 radical (unpaired) electrons. The second-order valence-electron chi connectivity index (χ2n) is 7.24. The van der Waals surface area contributed by atoms with Crippen molar-refractivity contribution in [3.63, 3.8) is 0 Å². The second kappa shape index (κ2) is 8.41. The van der Waals surface area contributed by atoms with E-state index < -0.39 is 18.0 Å². The highest BCUT2D eigenvalue weighted by Gasteiger charge is 2.38. The lowest BCUT2D eigenvalue weighted by atomic mass is 9.86. The molecule has 0 amide bonds. The minimum Gasteiger partial charge on any atom is -0.492 e. The standard InChI is InChI=1S/C25H22O5/c1-16-6-5-7-18(14-16)23(26)21-15-29-22-9-4-3-8-20(22)24(21)30-19-12-10-17(11-13-19)25(27)28-2/h3-14,21,24H,15H2,1-2H3. The quantitative estimate of drug-likeness (QED) is 0.453. The fourth-order valence-electron chi connectivity index (χ4n) is 3.64. The molecule has 0 aliphatic carbocycles. The molecule has 1 aliphatic rings. The second-order valence-corrected chi connectivity index (χ2v) is 7.24. The van der Waals surface area contributed by atoms with Gasteiger partial charge in [0.25, 0.3) is 0 Å². The van der Waals surface area contributed by atoms with Crippen LogP contribution in [0.15, 0.2) is 72.8 Å². The molecule has 0 spiro atoms. The van der Waals surface area contributed by atoms with E-state index in [1.807, 2.05) is 55.5 Å². The van der Waals surface area contributed by atoms with Gasteiger partial charge in [0, 0.05) is 11.1 Å². The maximum Gasteiger partial charge on any atom is 0.337 e. The van der Waals surface area contributed by atoms with Crippen molar-refractivity contribution in [1.82, 2.24) is 0 Å². The molecule has 2 unspecified atom stereocenters. The highest BCUT2D eigenvalue weighted by atomic mass is 16.5. The molecule has 4 rings (SSSR count). The van der Waals surface area contributed by atoms with Crippen LogP contribution >= 0.6 is 0 Å². The molecule has 0 aromatic heterocycles. The van der Waals surface area contributed by atoms with E-state index in [4.69, 9.17) is 14.2 Å². The van der Waals surface area contributed by atoms with Crippen LogP contribution < -0.4 is 9.47 Å². The van der Waals surface area contributed by atoms with E-state index >= 15 is 0 Å². The first-order chi connectivity index (χ1) is 14.6. The van der Waals surface area contributed by atoms with Crippen LogP contribution in [0.5, 0.6) is 11.5 Å². The number of para-hydroxylation sites is 1. The third-order valence-corrected chi connectivity index (χ3v) is 5.19. The molecule has 1 heterocycles. The molecule has 0 saturated carbocycles. The third kappa shape index (κ3) is 3.92. The number of rotatable bonds is 5. The van der Waals surface area contributed by atoms with Gasteiger partial charge in [0.2, 0.25) is 0 Å². The number of carbonyl (C=O) groups excluding carboxylic acids is 2. The number of ether oxygens (including phenoxy) is 3. The van der Waals surface area contributed by atoms with Gasteiger partial charge in [-0.05, 0) is 43.3 Å². The molecule has 5 heteroatoms. The van der Waals surface area contributed by atoms with Crippen LogP contribution in [-0.2, 0) is 4.74 Å². The van der Waals surface area contributed by atoms with Gasteiger partial charge in [-0.3, -0.25) is 4.79 Å². The Morgan fingerprint density at radius 1 is 0.933 bits per heavy atom. The Balaban J connectivity index is 1.67. The fourth-order valence-corrected chi connectivity index (χ4v) is 3.64. The van der Waals surface area contributed by atoms with Gasteiger partial charge in [0.1, 0.15) is 24.2 Å². The topological polar surface area (TPSA) is 61.8 Å². The highest BCUT2D eigenvalue weighted by molar-refractivity contribution is 5.98. The molecule has 5 nitrogen and oxygen atoms in total. The molecule has 3 aromatic carbocycles. The monoisotopic (exact) mass is 402 g/mol. The van der Waals surface area contributed by atoms with Crippen LogP contribution in [0.25, 0.3) is 0 Å². The predicted molar refractivity (Wildman–Crippen MR) is 112 cm³/mol. The zero-order valence-corrected chi connectivity index (χ0v) is 16.8. The SMILES string of the molecule is COC(=O)c1ccc(OC2c3ccccc3OCC2C(=O)c2cccc(C)c2)cc1. The van der Waals surface area contributed by atoms with E-state index in [9.17, 15) is 9.59 Å². The zero-order valence-electron chi connectivity index (χ0n) is 16.8. The molecule has 0 N–H and O–H groups in total. The Bertz CT molecular complexity index is 1070. The van der Waals surface area contributed by atoms with Crippen LogP contribution in [0.1, 0.15) is 37.9 Å². The molecule has 30 heavy (non-hydrogen) atoms. The normalized spacial score (nSPS) is 17.4. The van der Waals surface area contributed by atoms with Crippen LogP contribution in [0.2, 0.25) is 0 Å². The van der Waals surface area contributed by atoms with Crippen molar-refractivity contribution in [2.45, 2.75) is 13.0 Å². The van der Waals surface area contributed by atoms with E-state index in [-0.39, 0.29) is 12.4 Å². The fraction of sp³-hybridized carbons (Fsp3) is 0.200. The average molecular weight is 402 g/mol. The minimum absolute atomic E-state index is 0.0237. The number of benzene rings is 3. The van der Waals surface area contributed by atoms with Crippen LogP contribution in [0.3, 0.4) is 0 Å². The number of aryl methyl sites for hydroxylation is 1. The van der Waals surface area contributed by atoms with Crippen molar-refractivity contribution >= 4 is 11.8 Å². The lowest BCUT2D eigenvalue weighted by Gasteiger charge is -2.33. The van der Waals surface area contributed by atoms with Crippen LogP contribution in [0, 0.1) is 12.8 Å². The Labute approximate surface area is 175 Å². The van der Waals surface area contributed by atoms with Crippen molar-refractivity contribution in [2.75, 3.05) is 13.7 Å². The third-order valence-electron chi connectivity index (χ3n) is 5.19. The Morgan fingerprint density at radius 2 is 1.70 bits per heavy atom. The van der Waals surface area contributed by atoms with Gasteiger partial charge in [-0.15, -0.1) is 0 Å². The number of fused-ring (bicyclic) bond motifs is 1. The van der Waals surface area contributed by atoms with E-state index in [0.29, 0.717) is 22.6 Å². The number of methoxy groups -OCH3 is 1. The number of esters is 1. The zero-order chi connectivity index (χ0) is 21.1. The molecule has 3 aromatic rings. The summed E-state index contributed by atoms with van der Waals surface area (Å²) in [7, 11) is 1.34. The molecule has 0 saturated heterocycles. The largest absolute Gasteiger partial charge is 0.492 e. The summed E-state index contributed by atoms with van der Waals surface area (Å²) < 4.78 is 16.9. The van der Waals surface area contributed by atoms with Gasteiger partial charge >= 0.3 is 5.97 Å². The summed E-state index contributed by atoms with van der Waals surface area (Å²) in [5.41, 5.74) is 2.92. The van der Waals surface area contributed by atoms with E-state index in [1.165, 1.54) is 7.11 Å². The maximum absolute atomic E-state index is 13.3. The predicted octanol–water partition coefficient (Wildman–Crippen LogP) is 4.79. The van der Waals surface area contributed by atoms with Gasteiger partial charge in [-0.1, -0.05) is 42.0 Å². The molecule has 0 bridgehead atoms. The molecular weight excluding hydrogens is 380 g/mol. The lowest BCUT2D eigenvalue weighted by molar-refractivity contribution is 0.0517. The number of carbonyl (C=O) groups is 2. The molecule has 2 atom stereocenters. The molecule has 0 fully saturated rings. The summed E-state index contributed by atoms with van der Waals surface area (Å²) in [5.74, 6) is 0.338. The molecule has 1 aliphatic heterocycles. The first-order valence-electron chi connectivity index (χ1n) is 9.74. The van der Waals surface area contributed by atoms with E-state index in [0.717, 1.165) is 11.1 Å². The Kier molecular flexibility index (Phi) is 5.53. The van der Waals surface area contributed by atoms with E-state index in [2.05, 4.69) is 0 Å². The Hall–Kier alpha value is -3.60. The minimum atomic E-state index is -0.507. The van der Waals surface area contributed by atoms with Crippen molar-refractivity contribution in [1.29, 1.82) is 0 Å². The first-order valence-corrected chi connectivity index (χ1v) is 9.74. The number of hydrogen-bond donors (Lipinski definition) is 0. The van der Waals surface area contributed by atoms with Crippen molar-refractivity contribution in [3.8, 4) is 11.5 Å². The highest BCUT2D eigenvalue weighted by Crippen LogP contribution is 2.40. The van der Waals surface area contributed by atoms with E-state index in [1.54, 1.807) is 24.3 Å². The Morgan fingerprint density at radius 3 is 2.43 bits per heavy atom. The van der Waals surface area contributed by atoms with Crippen molar-refractivity contribution in [2.24, 2.45) is 5.92 Å². The summed E-state index contributed by atoms with van der Waals surface area (Å²) in [4.78, 5) is 25.0. The number of Topliss-reactive ketones (excluding diaryl/α,β-unsaturated/α-hetero) is 1. The molecule has 152 valence electrons. The molecular formula is C25H22O5. The summed E-state index contributed by atoms with van der Waals surface area (Å²) >= 11 is 0. The number of ketones is 1. The van der Waals surface area contributed by atoms with Gasteiger partial charge in [-0.2, -0.15) is 0 Å². The van der Waals surface area contributed by atoms with Gasteiger partial charge in [0.05, 0.1) is 18.6 Å². The average Bonchev–Trinajstić information content (AvgIpc) is 2.79. The van der Waals surface area contributed by atoms with Gasteiger partial charge < -0.3 is 14.2 Å². The first kappa shape index (κ1) is 19.7. The van der Waals surface area contributed by atoms with Gasteiger partial charge in [0.15, 0.2) is 5.78 Å². The van der Waals surface area contributed by atoms with Crippen LogP contribution in [-0.4, -0.2) is 25.5 Å².